The maximum atomic E-state index is 13.4. The van der Waals surface area contributed by atoms with Gasteiger partial charge in [-0.1, -0.05) is 0 Å². The Morgan fingerprint density at radius 2 is 2.12 bits per heavy atom. The number of pyridine rings is 1. The van der Waals surface area contributed by atoms with Gasteiger partial charge in [0.2, 0.25) is 0 Å². The van der Waals surface area contributed by atoms with Crippen molar-refractivity contribution >= 4 is 32.5 Å². The van der Waals surface area contributed by atoms with Crippen LogP contribution >= 0.6 is 15.9 Å². The van der Waals surface area contributed by atoms with Crippen LogP contribution in [0.25, 0.3) is 10.9 Å². The van der Waals surface area contributed by atoms with Crippen molar-refractivity contribution in [2.24, 2.45) is 0 Å². The number of nitrogen functional groups attached to an aromatic ring is 1. The summed E-state index contributed by atoms with van der Waals surface area (Å²) >= 11 is 3.17. The number of hydrogen-bond donors (Lipinski definition) is 1. The molecule has 2 N–H and O–H groups in total. The Morgan fingerprint density at radius 1 is 1.31 bits per heavy atom. The zero-order valence-electron chi connectivity index (χ0n) is 8.56. The number of aromatic nitrogens is 1. The molecule has 1 aliphatic carbocycles. The highest BCUT2D eigenvalue weighted by atomic mass is 79.9. The summed E-state index contributed by atoms with van der Waals surface area (Å²) < 4.78 is 13.8. The minimum atomic E-state index is -0.294. The smallest absolute Gasteiger partial charge is 0.139 e. The second-order valence-electron chi connectivity index (χ2n) is 4.09. The molecule has 1 aromatic heterocycles. The lowest BCUT2D eigenvalue weighted by molar-refractivity contribution is 0.623. The molecule has 3 rings (SSSR count). The Balaban J connectivity index is 2.41. The number of fused-ring (bicyclic) bond motifs is 2. The number of nitrogens with two attached hydrogens (primary N) is 1. The van der Waals surface area contributed by atoms with Gasteiger partial charge in [0.25, 0.3) is 0 Å². The highest BCUT2D eigenvalue weighted by Gasteiger charge is 2.18. The van der Waals surface area contributed by atoms with Gasteiger partial charge < -0.3 is 5.73 Å². The van der Waals surface area contributed by atoms with Crippen molar-refractivity contribution in [3.8, 4) is 0 Å². The Kier molecular flexibility index (Phi) is 2.14. The average molecular weight is 281 g/mol. The van der Waals surface area contributed by atoms with Gasteiger partial charge in [0.15, 0.2) is 0 Å². The van der Waals surface area contributed by atoms with Crippen LogP contribution in [0, 0.1) is 5.82 Å². The maximum absolute atomic E-state index is 13.4. The lowest BCUT2D eigenvalue weighted by Crippen LogP contribution is -1.99. The van der Waals surface area contributed by atoms with Crippen LogP contribution in [-0.4, -0.2) is 4.98 Å². The summed E-state index contributed by atoms with van der Waals surface area (Å²) in [6, 6.07) is 3.15. The van der Waals surface area contributed by atoms with Gasteiger partial charge in [0.05, 0.1) is 9.99 Å². The fraction of sp³-hybridized carbons (Fsp3) is 0.250. The Hall–Kier alpha value is -1.16. The molecule has 82 valence electrons. The summed E-state index contributed by atoms with van der Waals surface area (Å²) in [5, 5.41) is 0.842. The van der Waals surface area contributed by atoms with Crippen LogP contribution in [0.15, 0.2) is 16.6 Å². The summed E-state index contributed by atoms with van der Waals surface area (Å²) in [7, 11) is 0. The SMILES string of the molecule is Nc1c2c(nc3cc(F)c(Br)cc13)CCC2. The van der Waals surface area contributed by atoms with Crippen LogP contribution in [0.3, 0.4) is 0 Å². The minimum Gasteiger partial charge on any atom is -0.398 e. The number of rotatable bonds is 0. The van der Waals surface area contributed by atoms with Crippen molar-refractivity contribution < 1.29 is 4.39 Å². The number of aryl methyl sites for hydroxylation is 1. The average Bonchev–Trinajstić information content (AvgIpc) is 2.70. The molecule has 16 heavy (non-hydrogen) atoms. The number of anilines is 1. The topological polar surface area (TPSA) is 38.9 Å². The van der Waals surface area contributed by atoms with E-state index >= 15 is 0 Å². The van der Waals surface area contributed by atoms with Gasteiger partial charge in [0.1, 0.15) is 5.82 Å². The number of benzene rings is 1. The second kappa shape index (κ2) is 3.42. The molecule has 2 nitrogen and oxygen atoms in total. The number of hydrogen-bond acceptors (Lipinski definition) is 2. The molecule has 0 spiro atoms. The summed E-state index contributed by atoms with van der Waals surface area (Å²) in [6.45, 7) is 0. The molecule has 0 radical (unpaired) electrons. The fourth-order valence-corrected chi connectivity index (χ4v) is 2.64. The molecule has 0 bridgehead atoms. The monoisotopic (exact) mass is 280 g/mol. The number of nitrogens with zero attached hydrogens (tertiary/aromatic N) is 1. The van der Waals surface area contributed by atoms with Gasteiger partial charge in [-0.25, -0.2) is 4.39 Å². The molecule has 1 aromatic carbocycles. The van der Waals surface area contributed by atoms with E-state index in [1.165, 1.54) is 6.07 Å². The van der Waals surface area contributed by atoms with Crippen molar-refractivity contribution in [3.63, 3.8) is 0 Å². The van der Waals surface area contributed by atoms with E-state index in [0.29, 0.717) is 9.99 Å². The standard InChI is InChI=1S/C12H10BrFN2/c13-8-4-7-11(5-9(8)14)16-10-3-1-2-6(10)12(7)15/h4-5H,1-3H2,(H2,15,16). The van der Waals surface area contributed by atoms with E-state index in [2.05, 4.69) is 20.9 Å². The first-order chi connectivity index (χ1) is 7.66. The highest BCUT2D eigenvalue weighted by molar-refractivity contribution is 9.10. The highest BCUT2D eigenvalue weighted by Crippen LogP contribution is 2.33. The Morgan fingerprint density at radius 3 is 2.94 bits per heavy atom. The third kappa shape index (κ3) is 1.33. The molecule has 0 fully saturated rings. The Bertz CT molecular complexity index is 595. The summed E-state index contributed by atoms with van der Waals surface area (Å²) in [5.41, 5.74) is 9.70. The van der Waals surface area contributed by atoms with Gasteiger partial charge in [-0.3, -0.25) is 4.98 Å². The van der Waals surface area contributed by atoms with Gasteiger partial charge in [-0.2, -0.15) is 0 Å². The molecule has 1 aliphatic rings. The first-order valence-electron chi connectivity index (χ1n) is 5.23. The van der Waals surface area contributed by atoms with Crippen LogP contribution in [0.2, 0.25) is 0 Å². The van der Waals surface area contributed by atoms with E-state index < -0.39 is 0 Å². The van der Waals surface area contributed by atoms with Gasteiger partial charge in [-0.15, -0.1) is 0 Å². The van der Waals surface area contributed by atoms with E-state index in [-0.39, 0.29) is 5.82 Å². The normalized spacial score (nSPS) is 14.4. The summed E-state index contributed by atoms with van der Waals surface area (Å²) in [5.74, 6) is -0.294. The van der Waals surface area contributed by atoms with Crippen LogP contribution in [0.4, 0.5) is 10.1 Å². The second-order valence-corrected chi connectivity index (χ2v) is 4.94. The molecule has 0 amide bonds. The van der Waals surface area contributed by atoms with Gasteiger partial charge >= 0.3 is 0 Å². The van der Waals surface area contributed by atoms with E-state index in [1.807, 2.05) is 0 Å². The zero-order valence-corrected chi connectivity index (χ0v) is 10.1. The molecule has 0 unspecified atom stereocenters. The minimum absolute atomic E-state index is 0.294. The first-order valence-corrected chi connectivity index (χ1v) is 6.02. The lowest BCUT2D eigenvalue weighted by atomic mass is 10.1. The molecule has 0 saturated carbocycles. The van der Waals surface area contributed by atoms with Crippen molar-refractivity contribution in [1.29, 1.82) is 0 Å². The van der Waals surface area contributed by atoms with E-state index in [1.54, 1.807) is 6.07 Å². The van der Waals surface area contributed by atoms with Crippen molar-refractivity contribution in [2.75, 3.05) is 5.73 Å². The molecule has 0 saturated heterocycles. The summed E-state index contributed by atoms with van der Waals surface area (Å²) in [4.78, 5) is 4.48. The lowest BCUT2D eigenvalue weighted by Gasteiger charge is -2.08. The Labute approximate surface area is 101 Å². The predicted molar refractivity (Wildman–Crippen MR) is 65.8 cm³/mol. The zero-order chi connectivity index (χ0) is 11.3. The molecule has 1 heterocycles. The van der Waals surface area contributed by atoms with Crippen molar-refractivity contribution in [2.45, 2.75) is 19.3 Å². The molecule has 2 aromatic rings. The van der Waals surface area contributed by atoms with Crippen molar-refractivity contribution in [1.82, 2.24) is 4.98 Å². The first kappa shape index (κ1) is 10.0. The molecule has 4 heteroatoms. The summed E-state index contributed by atoms with van der Waals surface area (Å²) in [6.07, 6.45) is 3.03. The quantitative estimate of drug-likeness (QED) is 0.805. The van der Waals surface area contributed by atoms with E-state index in [0.717, 1.165) is 41.6 Å². The third-order valence-corrected chi connectivity index (χ3v) is 3.71. The molecular formula is C12H10BrFN2. The molecule has 0 atom stereocenters. The van der Waals surface area contributed by atoms with Crippen LogP contribution in [-0.2, 0) is 12.8 Å². The van der Waals surface area contributed by atoms with Crippen LogP contribution < -0.4 is 5.73 Å². The maximum Gasteiger partial charge on any atom is 0.139 e. The predicted octanol–water partition coefficient (Wildman–Crippen LogP) is 3.21. The molecule has 0 aliphatic heterocycles. The van der Waals surface area contributed by atoms with Crippen molar-refractivity contribution in [3.05, 3.63) is 33.7 Å². The third-order valence-electron chi connectivity index (χ3n) is 3.10. The van der Waals surface area contributed by atoms with E-state index in [9.17, 15) is 4.39 Å². The number of halogens is 2. The van der Waals surface area contributed by atoms with E-state index in [4.69, 9.17) is 5.73 Å². The van der Waals surface area contributed by atoms with Crippen LogP contribution in [0.1, 0.15) is 17.7 Å². The van der Waals surface area contributed by atoms with Crippen LogP contribution in [0.5, 0.6) is 0 Å². The van der Waals surface area contributed by atoms with Gasteiger partial charge in [-0.05, 0) is 46.8 Å². The molecular weight excluding hydrogens is 271 g/mol. The fourth-order valence-electron chi connectivity index (χ4n) is 2.29. The van der Waals surface area contributed by atoms with Gasteiger partial charge in [0, 0.05) is 22.8 Å². The largest absolute Gasteiger partial charge is 0.398 e.